The highest BCUT2D eigenvalue weighted by Crippen LogP contribution is 2.24. The molecule has 2 rings (SSSR count). The zero-order chi connectivity index (χ0) is 13.7. The van der Waals surface area contributed by atoms with Crippen LogP contribution in [-0.2, 0) is 11.2 Å². The second kappa shape index (κ2) is 6.92. The highest BCUT2D eigenvalue weighted by molar-refractivity contribution is 5.55. The Kier molecular flexibility index (Phi) is 5.23. The van der Waals surface area contributed by atoms with Crippen molar-refractivity contribution in [3.8, 4) is 0 Å². The average molecular weight is 262 g/mol. The van der Waals surface area contributed by atoms with Crippen LogP contribution in [0.5, 0.6) is 0 Å². The topological polar surface area (TPSA) is 38.5 Å². The summed E-state index contributed by atoms with van der Waals surface area (Å²) in [5, 5.41) is 0. The van der Waals surface area contributed by atoms with Crippen LogP contribution in [0.25, 0.3) is 0 Å². The van der Waals surface area contributed by atoms with Gasteiger partial charge in [-0.1, -0.05) is 17.7 Å². The molecule has 3 heteroatoms. The summed E-state index contributed by atoms with van der Waals surface area (Å²) in [4.78, 5) is 2.43. The summed E-state index contributed by atoms with van der Waals surface area (Å²) >= 11 is 0. The molecule has 1 aliphatic rings. The number of aryl methyl sites for hydroxylation is 1. The van der Waals surface area contributed by atoms with E-state index in [1.807, 2.05) is 0 Å². The summed E-state index contributed by atoms with van der Waals surface area (Å²) in [5.74, 6) is 0. The maximum absolute atomic E-state index is 5.76. The molecule has 1 heterocycles. The number of anilines is 1. The first-order valence-corrected chi connectivity index (χ1v) is 7.40. The fourth-order valence-corrected chi connectivity index (χ4v) is 2.81. The van der Waals surface area contributed by atoms with Crippen molar-refractivity contribution in [3.05, 3.63) is 29.3 Å². The Balaban J connectivity index is 2.16. The number of ether oxygens (including phenoxy) is 1. The molecular formula is C16H26N2O. The van der Waals surface area contributed by atoms with E-state index in [1.54, 1.807) is 0 Å². The predicted molar refractivity (Wildman–Crippen MR) is 80.8 cm³/mol. The lowest BCUT2D eigenvalue weighted by Crippen LogP contribution is -2.32. The lowest BCUT2D eigenvalue weighted by molar-refractivity contribution is 0.115. The summed E-state index contributed by atoms with van der Waals surface area (Å²) < 4.78 is 5.76. The van der Waals surface area contributed by atoms with E-state index in [-0.39, 0.29) is 0 Å². The van der Waals surface area contributed by atoms with Crippen molar-refractivity contribution in [1.29, 1.82) is 0 Å². The minimum atomic E-state index is 0.395. The van der Waals surface area contributed by atoms with Gasteiger partial charge >= 0.3 is 0 Å². The Morgan fingerprint density at radius 3 is 2.89 bits per heavy atom. The quantitative estimate of drug-likeness (QED) is 0.856. The molecule has 1 atom stereocenters. The zero-order valence-corrected chi connectivity index (χ0v) is 12.2. The van der Waals surface area contributed by atoms with Crippen molar-refractivity contribution >= 4 is 5.69 Å². The van der Waals surface area contributed by atoms with Gasteiger partial charge in [0.05, 0.1) is 6.10 Å². The van der Waals surface area contributed by atoms with E-state index in [4.69, 9.17) is 10.5 Å². The molecule has 1 aliphatic heterocycles. The van der Waals surface area contributed by atoms with Gasteiger partial charge in [-0.15, -0.1) is 0 Å². The highest BCUT2D eigenvalue weighted by Gasteiger charge is 2.20. The molecule has 19 heavy (non-hydrogen) atoms. The van der Waals surface area contributed by atoms with Crippen LogP contribution >= 0.6 is 0 Å². The summed E-state index contributed by atoms with van der Waals surface area (Å²) in [6, 6.07) is 6.69. The van der Waals surface area contributed by atoms with E-state index in [0.29, 0.717) is 12.6 Å². The minimum Gasteiger partial charge on any atom is -0.376 e. The van der Waals surface area contributed by atoms with Gasteiger partial charge in [0.15, 0.2) is 0 Å². The molecule has 0 aliphatic carbocycles. The summed E-state index contributed by atoms with van der Waals surface area (Å²) in [6.45, 7) is 7.98. The molecule has 0 bridgehead atoms. The van der Waals surface area contributed by atoms with Gasteiger partial charge in [0.25, 0.3) is 0 Å². The Hall–Kier alpha value is -1.06. The molecule has 3 nitrogen and oxygen atoms in total. The van der Waals surface area contributed by atoms with E-state index < -0.39 is 0 Å². The number of hydrogen-bond donors (Lipinski definition) is 1. The van der Waals surface area contributed by atoms with Gasteiger partial charge in [0, 0.05) is 25.4 Å². The third kappa shape index (κ3) is 3.71. The summed E-state index contributed by atoms with van der Waals surface area (Å²) in [7, 11) is 0. The fraction of sp³-hybridized carbons (Fsp3) is 0.625. The molecule has 1 aromatic rings. The molecule has 1 unspecified atom stereocenters. The van der Waals surface area contributed by atoms with Crippen LogP contribution in [-0.4, -0.2) is 32.3 Å². The van der Waals surface area contributed by atoms with Crippen LogP contribution < -0.4 is 10.6 Å². The largest absolute Gasteiger partial charge is 0.376 e. The van der Waals surface area contributed by atoms with E-state index in [2.05, 4.69) is 36.9 Å². The lowest BCUT2D eigenvalue weighted by Gasteiger charge is -2.28. The molecule has 0 radical (unpaired) electrons. The molecule has 0 amide bonds. The highest BCUT2D eigenvalue weighted by atomic mass is 16.5. The van der Waals surface area contributed by atoms with Crippen molar-refractivity contribution < 1.29 is 4.74 Å². The molecule has 1 fully saturated rings. The first-order valence-electron chi connectivity index (χ1n) is 7.40. The van der Waals surface area contributed by atoms with Crippen LogP contribution in [0.3, 0.4) is 0 Å². The second-order valence-electron chi connectivity index (χ2n) is 5.34. The maximum atomic E-state index is 5.76. The van der Waals surface area contributed by atoms with Gasteiger partial charge in [0.2, 0.25) is 0 Å². The fourth-order valence-electron chi connectivity index (χ4n) is 2.81. The van der Waals surface area contributed by atoms with E-state index >= 15 is 0 Å². The molecule has 106 valence electrons. The average Bonchev–Trinajstić information content (AvgIpc) is 2.90. The van der Waals surface area contributed by atoms with Gasteiger partial charge in [-0.05, 0) is 51.3 Å². The summed E-state index contributed by atoms with van der Waals surface area (Å²) in [6.07, 6.45) is 3.73. The summed E-state index contributed by atoms with van der Waals surface area (Å²) in [5.41, 5.74) is 9.74. The molecular weight excluding hydrogens is 236 g/mol. The van der Waals surface area contributed by atoms with Gasteiger partial charge in [-0.2, -0.15) is 0 Å². The van der Waals surface area contributed by atoms with Crippen LogP contribution in [0, 0.1) is 6.92 Å². The number of rotatable bonds is 6. The van der Waals surface area contributed by atoms with Crippen LogP contribution in [0.1, 0.15) is 30.9 Å². The monoisotopic (exact) mass is 262 g/mol. The van der Waals surface area contributed by atoms with Gasteiger partial charge in [-0.25, -0.2) is 0 Å². The molecule has 0 saturated carbocycles. The zero-order valence-electron chi connectivity index (χ0n) is 12.2. The first kappa shape index (κ1) is 14.4. The maximum Gasteiger partial charge on any atom is 0.0750 e. The first-order chi connectivity index (χ1) is 9.24. The van der Waals surface area contributed by atoms with Gasteiger partial charge in [-0.3, -0.25) is 0 Å². The van der Waals surface area contributed by atoms with Crippen molar-refractivity contribution in [2.45, 2.75) is 39.2 Å². The number of hydrogen-bond acceptors (Lipinski definition) is 3. The normalized spacial score (nSPS) is 18.8. The third-order valence-corrected chi connectivity index (χ3v) is 3.82. The van der Waals surface area contributed by atoms with Crippen molar-refractivity contribution in [2.24, 2.45) is 5.73 Å². The number of likely N-dealkylation sites (N-methyl/N-ethyl adjacent to an activating group) is 1. The second-order valence-corrected chi connectivity index (χ2v) is 5.34. The lowest BCUT2D eigenvalue weighted by atomic mass is 10.0. The van der Waals surface area contributed by atoms with Crippen LogP contribution in [0.4, 0.5) is 5.69 Å². The Morgan fingerprint density at radius 1 is 1.42 bits per heavy atom. The standard InChI is InChI=1S/C16H26N2O/c1-3-18(12-15-5-4-10-19-15)16-7-6-13(2)11-14(16)8-9-17/h6-7,11,15H,3-5,8-10,12,17H2,1-2H3. The Labute approximate surface area is 116 Å². The minimum absolute atomic E-state index is 0.395. The third-order valence-electron chi connectivity index (χ3n) is 3.82. The smallest absolute Gasteiger partial charge is 0.0750 e. The predicted octanol–water partition coefficient (Wildman–Crippen LogP) is 2.50. The van der Waals surface area contributed by atoms with Crippen LogP contribution in [0.2, 0.25) is 0 Å². The molecule has 2 N–H and O–H groups in total. The van der Waals surface area contributed by atoms with E-state index in [0.717, 1.165) is 26.1 Å². The van der Waals surface area contributed by atoms with Gasteiger partial charge in [0.1, 0.15) is 0 Å². The molecule has 1 saturated heterocycles. The number of nitrogens with two attached hydrogens (primary N) is 1. The van der Waals surface area contributed by atoms with E-state index in [9.17, 15) is 0 Å². The Bertz CT molecular complexity index is 400. The number of benzene rings is 1. The molecule has 0 spiro atoms. The van der Waals surface area contributed by atoms with Crippen molar-refractivity contribution in [2.75, 3.05) is 31.1 Å². The van der Waals surface area contributed by atoms with Crippen molar-refractivity contribution in [1.82, 2.24) is 0 Å². The SMILES string of the molecule is CCN(CC1CCCO1)c1ccc(C)cc1CCN. The van der Waals surface area contributed by atoms with Crippen LogP contribution in [0.15, 0.2) is 18.2 Å². The number of nitrogens with zero attached hydrogens (tertiary/aromatic N) is 1. The van der Waals surface area contributed by atoms with E-state index in [1.165, 1.54) is 29.7 Å². The molecule has 1 aromatic carbocycles. The van der Waals surface area contributed by atoms with Gasteiger partial charge < -0.3 is 15.4 Å². The van der Waals surface area contributed by atoms with Crippen molar-refractivity contribution in [3.63, 3.8) is 0 Å². The molecule has 0 aromatic heterocycles. The Morgan fingerprint density at radius 2 is 2.26 bits per heavy atom.